The maximum atomic E-state index is 5.51. The first-order valence-electron chi connectivity index (χ1n) is 19.7. The van der Waals surface area contributed by atoms with Gasteiger partial charge < -0.3 is 31.1 Å². The summed E-state index contributed by atoms with van der Waals surface area (Å²) in [5.41, 5.74) is 11.0. The molecule has 4 aliphatic rings. The average molecular weight is 643 g/mol. The van der Waals surface area contributed by atoms with Crippen molar-refractivity contribution in [2.45, 2.75) is 133 Å². The molecule has 6 heteroatoms. The minimum Gasteiger partial charge on any atom is -0.330 e. The second-order valence-corrected chi connectivity index (χ2v) is 15.6. The van der Waals surface area contributed by atoms with E-state index < -0.39 is 0 Å². The Hall–Kier alpha value is -0.240. The molecule has 0 saturated carbocycles. The summed E-state index contributed by atoms with van der Waals surface area (Å²) in [5, 5.41) is 0. The molecule has 4 saturated heterocycles. The van der Waals surface area contributed by atoms with E-state index in [1.807, 2.05) is 13.8 Å². The largest absolute Gasteiger partial charge is 0.330 e. The van der Waals surface area contributed by atoms with Crippen LogP contribution in [0.3, 0.4) is 0 Å². The van der Waals surface area contributed by atoms with Gasteiger partial charge in [0.05, 0.1) is 0 Å². The smallest absolute Gasteiger partial charge is 0.0105 e. The molecular formula is C39H90N6. The standard InChI is InChI=1S/C11H24N2.C10H22N2.C9H19N.C7H15N.C2H6.2H2/c1-10(2)11-4-8-13(9-5-11)7-3-6-12;1-9(2)10-3-6-12(7-4-10)8-5-11;1-8(2)10-6-4-5-9(3)7-10;1-7-4-3-5-8(2)6-7;1-2;;/h10-11H,3-9,12H2,1-2H3;9-10H,3-8,11H2,1-2H3;8-9H,4-7H2,1-3H3;7H,3-6H2,1-2H3;1-2H3;2*1H/t;;9-;7-;;;/m..00.../s1. The maximum absolute atomic E-state index is 5.51. The number of nitrogens with two attached hydrogens (primary N) is 2. The lowest BCUT2D eigenvalue weighted by Crippen LogP contribution is -2.38. The van der Waals surface area contributed by atoms with Gasteiger partial charge in [-0.3, -0.25) is 0 Å². The summed E-state index contributed by atoms with van der Waals surface area (Å²) < 4.78 is 0. The first-order valence-corrected chi connectivity index (χ1v) is 19.7. The van der Waals surface area contributed by atoms with Crippen molar-refractivity contribution in [3.8, 4) is 0 Å². The molecule has 2 atom stereocenters. The highest BCUT2D eigenvalue weighted by molar-refractivity contribution is 4.75. The predicted molar refractivity (Wildman–Crippen MR) is 207 cm³/mol. The number of hydrogen-bond donors (Lipinski definition) is 2. The van der Waals surface area contributed by atoms with Crippen LogP contribution in [0, 0.1) is 35.5 Å². The summed E-state index contributed by atoms with van der Waals surface area (Å²) in [6.07, 6.45) is 12.4. The third kappa shape index (κ3) is 22.1. The Morgan fingerprint density at radius 3 is 1.36 bits per heavy atom. The van der Waals surface area contributed by atoms with Crippen LogP contribution >= 0.6 is 0 Å². The molecule has 0 radical (unpaired) electrons. The van der Waals surface area contributed by atoms with Crippen molar-refractivity contribution in [2.24, 2.45) is 47.0 Å². The molecule has 4 rings (SSSR count). The van der Waals surface area contributed by atoms with E-state index >= 15 is 0 Å². The highest BCUT2D eigenvalue weighted by Crippen LogP contribution is 2.25. The molecule has 0 aliphatic carbocycles. The molecule has 4 fully saturated rings. The van der Waals surface area contributed by atoms with E-state index in [4.69, 9.17) is 11.5 Å². The Balaban J connectivity index is -0.000000538. The summed E-state index contributed by atoms with van der Waals surface area (Å²) >= 11 is 0. The Bertz CT molecular complexity index is 629. The monoisotopic (exact) mass is 643 g/mol. The van der Waals surface area contributed by atoms with E-state index in [0.29, 0.717) is 0 Å². The summed E-state index contributed by atoms with van der Waals surface area (Å²) in [6, 6.07) is 0.753. The third-order valence-corrected chi connectivity index (χ3v) is 10.6. The van der Waals surface area contributed by atoms with Crippen molar-refractivity contribution in [3.63, 3.8) is 0 Å². The number of rotatable bonds is 8. The highest BCUT2D eigenvalue weighted by atomic mass is 15.2. The molecule has 0 unspecified atom stereocenters. The van der Waals surface area contributed by atoms with Gasteiger partial charge in [-0.05, 0) is 167 Å². The van der Waals surface area contributed by atoms with Crippen LogP contribution in [-0.2, 0) is 0 Å². The fourth-order valence-electron chi connectivity index (χ4n) is 7.30. The van der Waals surface area contributed by atoms with Crippen LogP contribution in [0.2, 0.25) is 0 Å². The minimum atomic E-state index is 0. The molecular weight excluding hydrogens is 552 g/mol. The maximum Gasteiger partial charge on any atom is 0.0105 e. The molecule has 0 amide bonds. The van der Waals surface area contributed by atoms with E-state index in [-0.39, 0.29) is 2.85 Å². The number of piperidine rings is 4. The van der Waals surface area contributed by atoms with Gasteiger partial charge in [-0.2, -0.15) is 0 Å². The quantitative estimate of drug-likeness (QED) is 0.280. The summed E-state index contributed by atoms with van der Waals surface area (Å²) in [5.74, 6) is 5.53. The fraction of sp³-hybridized carbons (Fsp3) is 1.00. The van der Waals surface area contributed by atoms with E-state index in [1.165, 1.54) is 110 Å². The second kappa shape index (κ2) is 27.7. The van der Waals surface area contributed by atoms with Crippen molar-refractivity contribution >= 4 is 0 Å². The lowest BCUT2D eigenvalue weighted by Gasteiger charge is -2.33. The molecule has 0 bridgehead atoms. The lowest BCUT2D eigenvalue weighted by atomic mass is 9.87. The number of likely N-dealkylation sites (tertiary alicyclic amines) is 4. The van der Waals surface area contributed by atoms with Gasteiger partial charge in [-0.25, -0.2) is 0 Å². The van der Waals surface area contributed by atoms with Crippen molar-refractivity contribution in [1.82, 2.24) is 19.6 Å². The van der Waals surface area contributed by atoms with Gasteiger partial charge in [0, 0.05) is 35.1 Å². The third-order valence-electron chi connectivity index (χ3n) is 10.6. The highest BCUT2D eigenvalue weighted by Gasteiger charge is 2.22. The molecule has 0 aromatic rings. The van der Waals surface area contributed by atoms with Crippen molar-refractivity contribution in [1.29, 1.82) is 0 Å². The molecule has 0 aromatic carbocycles. The zero-order valence-corrected chi connectivity index (χ0v) is 32.8. The first kappa shape index (κ1) is 44.8. The second-order valence-electron chi connectivity index (χ2n) is 15.6. The van der Waals surface area contributed by atoms with Gasteiger partial charge in [-0.1, -0.05) is 55.4 Å². The van der Waals surface area contributed by atoms with Crippen LogP contribution in [0.5, 0.6) is 0 Å². The van der Waals surface area contributed by atoms with Crippen molar-refractivity contribution in [3.05, 3.63) is 0 Å². The van der Waals surface area contributed by atoms with Gasteiger partial charge >= 0.3 is 0 Å². The Kier molecular flexibility index (Phi) is 27.5. The number of nitrogens with zero attached hydrogens (tertiary/aromatic N) is 4. The average Bonchev–Trinajstić information content (AvgIpc) is 3.02. The first-order chi connectivity index (χ1) is 21.5. The van der Waals surface area contributed by atoms with Crippen LogP contribution in [-0.4, -0.2) is 111 Å². The normalized spacial score (nSPS) is 24.5. The molecule has 4 heterocycles. The summed E-state index contributed by atoms with van der Waals surface area (Å²) in [4.78, 5) is 10.0. The van der Waals surface area contributed by atoms with Gasteiger partial charge in [0.2, 0.25) is 0 Å². The zero-order valence-electron chi connectivity index (χ0n) is 32.8. The molecule has 0 aromatic heterocycles. The molecule has 6 nitrogen and oxygen atoms in total. The van der Waals surface area contributed by atoms with Crippen LogP contribution < -0.4 is 11.5 Å². The van der Waals surface area contributed by atoms with Crippen LogP contribution in [0.15, 0.2) is 0 Å². The summed E-state index contributed by atoms with van der Waals surface area (Å²) in [7, 11) is 2.20. The van der Waals surface area contributed by atoms with Crippen molar-refractivity contribution in [2.75, 3.05) is 85.6 Å². The fourth-order valence-corrected chi connectivity index (χ4v) is 7.30. The Morgan fingerprint density at radius 2 is 1.04 bits per heavy atom. The van der Waals surface area contributed by atoms with Crippen LogP contribution in [0.1, 0.15) is 130 Å². The Labute approximate surface area is 287 Å². The summed E-state index contributed by atoms with van der Waals surface area (Å²) in [6.45, 7) is 37.0. The van der Waals surface area contributed by atoms with E-state index in [9.17, 15) is 0 Å². The van der Waals surface area contributed by atoms with Gasteiger partial charge in [0.15, 0.2) is 0 Å². The molecule has 276 valence electrons. The molecule has 4 N–H and O–H groups in total. The van der Waals surface area contributed by atoms with Gasteiger partial charge in [0.25, 0.3) is 0 Å². The topological polar surface area (TPSA) is 65.0 Å². The Morgan fingerprint density at radius 1 is 0.600 bits per heavy atom. The minimum absolute atomic E-state index is 0. The van der Waals surface area contributed by atoms with Crippen LogP contribution in [0.4, 0.5) is 0 Å². The SMILES string of the molecule is CC.CC(C)C1CCN(CCCN)CC1.CC(C)C1CCN(CCN)CC1.CC(C)N1CCC[C@H](C)C1.C[C@H]1CCCN(C)C1.[HH].[HH]. The van der Waals surface area contributed by atoms with Crippen molar-refractivity contribution < 1.29 is 2.85 Å². The van der Waals surface area contributed by atoms with Gasteiger partial charge in [0.1, 0.15) is 0 Å². The van der Waals surface area contributed by atoms with Crippen LogP contribution in [0.25, 0.3) is 0 Å². The van der Waals surface area contributed by atoms with E-state index in [0.717, 1.165) is 67.6 Å². The molecule has 0 spiro atoms. The lowest BCUT2D eigenvalue weighted by molar-refractivity contribution is 0.147. The van der Waals surface area contributed by atoms with Gasteiger partial charge in [-0.15, -0.1) is 0 Å². The zero-order chi connectivity index (χ0) is 34.2. The molecule has 4 aliphatic heterocycles. The van der Waals surface area contributed by atoms with E-state index in [1.54, 1.807) is 0 Å². The molecule has 45 heavy (non-hydrogen) atoms. The predicted octanol–water partition coefficient (Wildman–Crippen LogP) is 8.01. The van der Waals surface area contributed by atoms with E-state index in [2.05, 4.69) is 82.0 Å². The number of hydrogen-bond acceptors (Lipinski definition) is 6.